The molecule has 27 heavy (non-hydrogen) atoms. The Morgan fingerprint density at radius 2 is 1.93 bits per heavy atom. The van der Waals surface area contributed by atoms with Gasteiger partial charge in [0, 0.05) is 5.41 Å². The predicted octanol–water partition coefficient (Wildman–Crippen LogP) is 0.574. The van der Waals surface area contributed by atoms with Gasteiger partial charge < -0.3 is 24.4 Å². The molecule has 1 heterocycles. The van der Waals surface area contributed by atoms with Crippen molar-refractivity contribution in [1.82, 2.24) is 0 Å². The van der Waals surface area contributed by atoms with Crippen molar-refractivity contribution in [1.29, 1.82) is 0 Å². The van der Waals surface area contributed by atoms with Crippen LogP contribution in [0, 0.1) is 21.7 Å². The third kappa shape index (κ3) is 2.52. The Balaban J connectivity index is 1.74. The highest BCUT2D eigenvalue weighted by molar-refractivity contribution is 5.83. The highest BCUT2D eigenvalue weighted by atomic mass is 16.6. The summed E-state index contributed by atoms with van der Waals surface area (Å²) >= 11 is 0. The van der Waals surface area contributed by atoms with Crippen LogP contribution in [0.15, 0.2) is 0 Å². The molecule has 5 atom stereocenters. The second-order valence-electron chi connectivity index (χ2n) is 9.07. The highest BCUT2D eigenvalue weighted by Crippen LogP contribution is 2.74. The van der Waals surface area contributed by atoms with E-state index in [9.17, 15) is 24.6 Å². The number of aliphatic hydroxyl groups excluding tert-OH is 2. The van der Waals surface area contributed by atoms with Gasteiger partial charge in [-0.1, -0.05) is 6.92 Å². The van der Waals surface area contributed by atoms with E-state index in [4.69, 9.17) is 14.2 Å². The minimum Gasteiger partial charge on any atom is -0.457 e. The molecule has 0 aromatic rings. The smallest absolute Gasteiger partial charge is 0.344 e. The zero-order valence-electron chi connectivity index (χ0n) is 16.2. The van der Waals surface area contributed by atoms with Crippen molar-refractivity contribution in [3.63, 3.8) is 0 Å². The van der Waals surface area contributed by atoms with Crippen LogP contribution in [0.25, 0.3) is 0 Å². The summed E-state index contributed by atoms with van der Waals surface area (Å²) < 4.78 is 16.1. The zero-order valence-corrected chi connectivity index (χ0v) is 16.2. The maximum Gasteiger partial charge on any atom is 0.344 e. The molecule has 0 amide bonds. The van der Waals surface area contributed by atoms with Crippen molar-refractivity contribution >= 4 is 17.9 Å². The van der Waals surface area contributed by atoms with Gasteiger partial charge in [0.2, 0.25) is 0 Å². The lowest BCUT2D eigenvalue weighted by Crippen LogP contribution is -2.52. The first-order valence-electron chi connectivity index (χ1n) is 9.31. The van der Waals surface area contributed by atoms with E-state index in [1.165, 1.54) is 0 Å². The van der Waals surface area contributed by atoms with Gasteiger partial charge in [-0.2, -0.15) is 0 Å². The van der Waals surface area contributed by atoms with E-state index in [0.717, 1.165) is 0 Å². The maximum atomic E-state index is 12.4. The van der Waals surface area contributed by atoms with E-state index in [2.05, 4.69) is 0 Å². The third-order valence-corrected chi connectivity index (χ3v) is 7.19. The number of carbonyl (C=O) groups is 3. The number of hydrogen-bond donors (Lipinski definition) is 2. The molecule has 0 spiro atoms. The summed E-state index contributed by atoms with van der Waals surface area (Å²) in [5.41, 5.74) is -3.34. The van der Waals surface area contributed by atoms with Crippen LogP contribution in [0.2, 0.25) is 0 Å². The monoisotopic (exact) mass is 384 g/mol. The summed E-state index contributed by atoms with van der Waals surface area (Å²) in [4.78, 5) is 36.7. The lowest BCUT2D eigenvalue weighted by Gasteiger charge is -2.40. The van der Waals surface area contributed by atoms with Crippen LogP contribution in [0.5, 0.6) is 0 Å². The fourth-order valence-electron chi connectivity index (χ4n) is 5.04. The van der Waals surface area contributed by atoms with E-state index < -0.39 is 58.4 Å². The minimum atomic E-state index is -0.907. The summed E-state index contributed by atoms with van der Waals surface area (Å²) in [7, 11) is 0. The van der Waals surface area contributed by atoms with Gasteiger partial charge >= 0.3 is 17.9 Å². The van der Waals surface area contributed by atoms with E-state index in [1.54, 1.807) is 20.8 Å². The molecule has 3 fully saturated rings. The Morgan fingerprint density at radius 3 is 2.48 bits per heavy atom. The summed E-state index contributed by atoms with van der Waals surface area (Å²) in [6.07, 6.45) is -0.521. The van der Waals surface area contributed by atoms with Gasteiger partial charge in [-0.05, 0) is 40.0 Å². The van der Waals surface area contributed by atoms with E-state index in [1.807, 2.05) is 6.92 Å². The lowest BCUT2D eigenvalue weighted by atomic mass is 9.63. The van der Waals surface area contributed by atoms with Crippen molar-refractivity contribution in [3.05, 3.63) is 0 Å². The summed E-state index contributed by atoms with van der Waals surface area (Å²) in [5, 5.41) is 20.1. The van der Waals surface area contributed by atoms with Crippen LogP contribution in [-0.4, -0.2) is 60.1 Å². The molecule has 8 nitrogen and oxygen atoms in total. The standard InChI is InChI=1S/C19H28O8/c1-5-16(2,3)14(23)25-6-11(22)26-12-13-19(10-21)8-18(12,9-20)7-17(19,4)15(24)27-13/h12-13,20-21H,5-10H2,1-4H3. The maximum absolute atomic E-state index is 12.4. The van der Waals surface area contributed by atoms with Crippen LogP contribution in [0.1, 0.15) is 47.0 Å². The topological polar surface area (TPSA) is 119 Å². The second kappa shape index (κ2) is 6.17. The molecule has 5 unspecified atom stereocenters. The molecule has 0 aromatic heterocycles. The molecular weight excluding hydrogens is 356 g/mol. The Hall–Kier alpha value is -1.67. The second-order valence-corrected chi connectivity index (χ2v) is 9.07. The quantitative estimate of drug-likeness (QED) is 0.483. The van der Waals surface area contributed by atoms with Gasteiger partial charge in [-0.25, -0.2) is 4.79 Å². The fourth-order valence-corrected chi connectivity index (χ4v) is 5.04. The zero-order chi connectivity index (χ0) is 20.3. The number of rotatable bonds is 7. The lowest BCUT2D eigenvalue weighted by molar-refractivity contribution is -0.180. The van der Waals surface area contributed by atoms with Crippen molar-refractivity contribution in [2.75, 3.05) is 19.8 Å². The molecule has 3 rings (SSSR count). The van der Waals surface area contributed by atoms with E-state index >= 15 is 0 Å². The first-order valence-corrected chi connectivity index (χ1v) is 9.31. The van der Waals surface area contributed by atoms with Crippen LogP contribution in [-0.2, 0) is 28.6 Å². The Labute approximate surface area is 158 Å². The molecule has 0 aromatic carbocycles. The van der Waals surface area contributed by atoms with Gasteiger partial charge in [0.1, 0.15) is 12.2 Å². The van der Waals surface area contributed by atoms with Crippen LogP contribution < -0.4 is 0 Å². The van der Waals surface area contributed by atoms with Crippen LogP contribution >= 0.6 is 0 Å². The number of esters is 3. The molecule has 0 radical (unpaired) electrons. The fraction of sp³-hybridized carbons (Fsp3) is 0.842. The number of carbonyl (C=O) groups excluding carboxylic acids is 3. The number of fused-ring (bicyclic) bond motifs is 1. The van der Waals surface area contributed by atoms with Gasteiger partial charge in [0.05, 0.1) is 29.5 Å². The number of aliphatic hydroxyl groups is 2. The van der Waals surface area contributed by atoms with Crippen LogP contribution in [0.4, 0.5) is 0 Å². The van der Waals surface area contributed by atoms with Gasteiger partial charge in [0.15, 0.2) is 6.61 Å². The molecule has 152 valence electrons. The van der Waals surface area contributed by atoms with Crippen LogP contribution in [0.3, 0.4) is 0 Å². The van der Waals surface area contributed by atoms with Crippen molar-refractivity contribution in [2.24, 2.45) is 21.7 Å². The van der Waals surface area contributed by atoms with Gasteiger partial charge in [-0.15, -0.1) is 0 Å². The SMILES string of the molecule is CCC(C)(C)C(=O)OCC(=O)OC1C2OC(=O)C3(C)CC1(CO)CC23CO. The van der Waals surface area contributed by atoms with Gasteiger partial charge in [-0.3, -0.25) is 9.59 Å². The van der Waals surface area contributed by atoms with Crippen molar-refractivity contribution in [3.8, 4) is 0 Å². The largest absolute Gasteiger partial charge is 0.457 e. The average Bonchev–Trinajstić information content (AvgIpc) is 3.11. The summed E-state index contributed by atoms with van der Waals surface area (Å²) in [5.74, 6) is -1.71. The molecule has 8 heteroatoms. The van der Waals surface area contributed by atoms with Gasteiger partial charge in [0.25, 0.3) is 0 Å². The predicted molar refractivity (Wildman–Crippen MR) is 91.2 cm³/mol. The van der Waals surface area contributed by atoms with E-state index in [0.29, 0.717) is 12.8 Å². The normalized spacial score (nSPS) is 39.4. The molecule has 2 aliphatic carbocycles. The Kier molecular flexibility index (Phi) is 4.59. The molecule has 1 saturated heterocycles. The molecule has 2 N–H and O–H groups in total. The first-order chi connectivity index (χ1) is 12.5. The minimum absolute atomic E-state index is 0.271. The average molecular weight is 384 g/mol. The Bertz CT molecular complexity index is 673. The molecular formula is C19H28O8. The third-order valence-electron chi connectivity index (χ3n) is 7.19. The summed E-state index contributed by atoms with van der Waals surface area (Å²) in [6.45, 7) is 5.88. The number of hydrogen-bond acceptors (Lipinski definition) is 8. The molecule has 3 aliphatic rings. The highest BCUT2D eigenvalue weighted by Gasteiger charge is 2.82. The molecule has 1 aliphatic heterocycles. The number of ether oxygens (including phenoxy) is 3. The van der Waals surface area contributed by atoms with Crippen molar-refractivity contribution < 1.29 is 38.8 Å². The molecule has 2 saturated carbocycles. The van der Waals surface area contributed by atoms with Crippen molar-refractivity contribution in [2.45, 2.75) is 59.2 Å². The van der Waals surface area contributed by atoms with E-state index in [-0.39, 0.29) is 19.6 Å². The first kappa shape index (κ1) is 20.1. The molecule has 2 bridgehead atoms. The summed E-state index contributed by atoms with van der Waals surface area (Å²) in [6, 6.07) is 0. The Morgan fingerprint density at radius 1 is 1.26 bits per heavy atom.